The molecular weight excluding hydrogens is 397 g/mol. The predicted molar refractivity (Wildman–Crippen MR) is 92.4 cm³/mol. The number of aryl methyl sites for hydroxylation is 1. The van der Waals surface area contributed by atoms with Gasteiger partial charge >= 0.3 is 6.18 Å². The number of hydrogen-bond donors (Lipinski definition) is 0. The molecule has 0 saturated carbocycles. The largest absolute Gasteiger partial charge is 0.416 e. The van der Waals surface area contributed by atoms with Crippen LogP contribution in [0.2, 0.25) is 0 Å². The molecule has 0 spiro atoms. The quantitative estimate of drug-likeness (QED) is 0.593. The Balaban J connectivity index is 1.78. The van der Waals surface area contributed by atoms with Gasteiger partial charge in [0.05, 0.1) is 33.8 Å². The fourth-order valence-electron chi connectivity index (χ4n) is 3.27. The van der Waals surface area contributed by atoms with Gasteiger partial charge in [-0.25, -0.2) is 13.8 Å². The molecular formula is C19H14F5N3O2. The van der Waals surface area contributed by atoms with Gasteiger partial charge in [-0.3, -0.25) is 4.79 Å². The summed E-state index contributed by atoms with van der Waals surface area (Å²) in [6, 6.07) is 5.86. The Labute approximate surface area is 161 Å². The van der Waals surface area contributed by atoms with Gasteiger partial charge in [-0.2, -0.15) is 13.2 Å². The lowest BCUT2D eigenvalue weighted by molar-refractivity contribution is -0.137. The Morgan fingerprint density at radius 3 is 2.62 bits per heavy atom. The number of aromatic nitrogens is 2. The van der Waals surface area contributed by atoms with E-state index >= 15 is 0 Å². The molecule has 1 amide bonds. The Bertz CT molecular complexity index is 1090. The summed E-state index contributed by atoms with van der Waals surface area (Å²) in [5.41, 5.74) is -0.160. The summed E-state index contributed by atoms with van der Waals surface area (Å²) in [5.74, 6) is -1.41. The Morgan fingerprint density at radius 2 is 1.97 bits per heavy atom. The topological polar surface area (TPSA) is 59.2 Å². The highest BCUT2D eigenvalue weighted by molar-refractivity contribution is 6.07. The van der Waals surface area contributed by atoms with Crippen molar-refractivity contribution in [2.24, 2.45) is 5.92 Å². The number of fused-ring (bicyclic) bond motifs is 1. The molecule has 1 aliphatic heterocycles. The molecule has 2 aromatic heterocycles. The number of benzene rings is 1. The number of rotatable bonds is 3. The van der Waals surface area contributed by atoms with Gasteiger partial charge in [0.1, 0.15) is 0 Å². The maximum Gasteiger partial charge on any atom is 0.416 e. The minimum atomic E-state index is -4.54. The summed E-state index contributed by atoms with van der Waals surface area (Å²) in [6.07, 6.45) is -7.06. The van der Waals surface area contributed by atoms with Crippen LogP contribution in [0.15, 0.2) is 34.9 Å². The number of amides is 1. The molecule has 0 bridgehead atoms. The molecule has 1 fully saturated rings. The highest BCUT2D eigenvalue weighted by atomic mass is 19.4. The van der Waals surface area contributed by atoms with Crippen LogP contribution in [0.4, 0.5) is 22.0 Å². The first-order valence-corrected chi connectivity index (χ1v) is 8.67. The van der Waals surface area contributed by atoms with E-state index in [9.17, 15) is 26.7 Å². The van der Waals surface area contributed by atoms with Crippen LogP contribution in [0.1, 0.15) is 21.6 Å². The first-order chi connectivity index (χ1) is 13.6. The zero-order chi connectivity index (χ0) is 20.9. The van der Waals surface area contributed by atoms with Crippen LogP contribution in [-0.2, 0) is 6.18 Å². The normalized spacial score (nSPS) is 15.2. The maximum absolute atomic E-state index is 13.0. The van der Waals surface area contributed by atoms with Gasteiger partial charge in [0.2, 0.25) is 6.43 Å². The van der Waals surface area contributed by atoms with E-state index in [0.29, 0.717) is 11.1 Å². The fraction of sp³-hybridized carbons (Fsp3) is 0.316. The molecule has 3 heterocycles. The molecule has 0 radical (unpaired) electrons. The average Bonchev–Trinajstić information content (AvgIpc) is 3.00. The number of carbonyl (C=O) groups excluding carboxylic acids is 1. The minimum absolute atomic E-state index is 0.00769. The molecule has 0 N–H and O–H groups in total. The number of hydrogen-bond acceptors (Lipinski definition) is 4. The molecule has 152 valence electrons. The summed E-state index contributed by atoms with van der Waals surface area (Å²) in [6.45, 7) is 1.40. The van der Waals surface area contributed by atoms with Crippen molar-refractivity contribution in [3.63, 3.8) is 0 Å². The lowest BCUT2D eigenvalue weighted by Crippen LogP contribution is -2.52. The second-order valence-electron chi connectivity index (χ2n) is 6.89. The highest BCUT2D eigenvalue weighted by Gasteiger charge is 2.38. The third-order valence-electron chi connectivity index (χ3n) is 4.89. The molecule has 0 atom stereocenters. The number of carbonyl (C=O) groups is 1. The van der Waals surface area contributed by atoms with Crippen molar-refractivity contribution in [2.75, 3.05) is 13.1 Å². The molecule has 3 aromatic rings. The van der Waals surface area contributed by atoms with Crippen LogP contribution >= 0.6 is 0 Å². The van der Waals surface area contributed by atoms with Crippen molar-refractivity contribution < 1.29 is 31.3 Å². The number of likely N-dealkylation sites (tertiary alicyclic amines) is 1. The van der Waals surface area contributed by atoms with Crippen molar-refractivity contribution in [3.05, 3.63) is 47.2 Å². The zero-order valence-electron chi connectivity index (χ0n) is 15.0. The van der Waals surface area contributed by atoms with Crippen LogP contribution < -0.4 is 0 Å². The zero-order valence-corrected chi connectivity index (χ0v) is 15.0. The Kier molecular flexibility index (Phi) is 4.51. The van der Waals surface area contributed by atoms with E-state index in [0.717, 1.165) is 12.1 Å². The van der Waals surface area contributed by atoms with E-state index < -0.39 is 30.0 Å². The number of halogens is 5. The van der Waals surface area contributed by atoms with Gasteiger partial charge < -0.3 is 9.42 Å². The monoisotopic (exact) mass is 411 g/mol. The molecule has 1 aliphatic rings. The van der Waals surface area contributed by atoms with E-state index in [2.05, 4.69) is 10.1 Å². The van der Waals surface area contributed by atoms with Crippen molar-refractivity contribution >= 4 is 17.0 Å². The second kappa shape index (κ2) is 6.78. The second-order valence-corrected chi connectivity index (χ2v) is 6.89. The summed E-state index contributed by atoms with van der Waals surface area (Å²) >= 11 is 0. The van der Waals surface area contributed by atoms with Crippen LogP contribution in [0.5, 0.6) is 0 Å². The molecule has 5 nitrogen and oxygen atoms in total. The molecule has 29 heavy (non-hydrogen) atoms. The van der Waals surface area contributed by atoms with Crippen molar-refractivity contribution in [1.29, 1.82) is 0 Å². The van der Waals surface area contributed by atoms with Gasteiger partial charge in [-0.1, -0.05) is 17.3 Å². The minimum Gasteiger partial charge on any atom is -0.337 e. The van der Waals surface area contributed by atoms with E-state index in [1.54, 1.807) is 6.92 Å². The van der Waals surface area contributed by atoms with Gasteiger partial charge in [0.25, 0.3) is 11.6 Å². The smallest absolute Gasteiger partial charge is 0.337 e. The first-order valence-electron chi connectivity index (χ1n) is 8.67. The van der Waals surface area contributed by atoms with Gasteiger partial charge in [-0.05, 0) is 25.1 Å². The van der Waals surface area contributed by atoms with Crippen molar-refractivity contribution in [2.45, 2.75) is 19.5 Å². The van der Waals surface area contributed by atoms with Crippen LogP contribution in [0, 0.1) is 12.8 Å². The van der Waals surface area contributed by atoms with E-state index in [1.807, 2.05) is 0 Å². The van der Waals surface area contributed by atoms with Crippen LogP contribution in [-0.4, -0.2) is 40.5 Å². The van der Waals surface area contributed by atoms with Crippen LogP contribution in [0.3, 0.4) is 0 Å². The lowest BCUT2D eigenvalue weighted by Gasteiger charge is -2.38. The van der Waals surface area contributed by atoms with E-state index in [4.69, 9.17) is 4.52 Å². The molecule has 0 aliphatic carbocycles. The predicted octanol–water partition coefficient (Wildman–Crippen LogP) is 4.55. The Hall–Kier alpha value is -3.04. The van der Waals surface area contributed by atoms with Gasteiger partial charge in [-0.15, -0.1) is 0 Å². The summed E-state index contributed by atoms with van der Waals surface area (Å²) in [5, 5.41) is 4.08. The third kappa shape index (κ3) is 3.43. The maximum atomic E-state index is 13.0. The van der Waals surface area contributed by atoms with Gasteiger partial charge in [0, 0.05) is 18.7 Å². The number of nitrogens with zero attached hydrogens (tertiary/aromatic N) is 3. The molecule has 10 heteroatoms. The third-order valence-corrected chi connectivity index (χ3v) is 4.89. The molecule has 1 aromatic carbocycles. The summed E-state index contributed by atoms with van der Waals surface area (Å²) in [7, 11) is 0. The summed E-state index contributed by atoms with van der Waals surface area (Å²) < 4.78 is 69.7. The lowest BCUT2D eigenvalue weighted by atomic mass is 9.97. The van der Waals surface area contributed by atoms with Crippen molar-refractivity contribution in [3.8, 4) is 11.3 Å². The number of alkyl halides is 5. The summed E-state index contributed by atoms with van der Waals surface area (Å²) in [4.78, 5) is 18.3. The van der Waals surface area contributed by atoms with Crippen LogP contribution in [0.25, 0.3) is 22.4 Å². The SMILES string of the molecule is Cc1noc2nc(-c3cccc(C(F)(F)F)c3)cc(C(=O)N3CC(C(F)F)C3)c12. The molecule has 4 rings (SSSR count). The molecule has 0 unspecified atom stereocenters. The molecule has 1 saturated heterocycles. The average molecular weight is 411 g/mol. The van der Waals surface area contributed by atoms with E-state index in [1.165, 1.54) is 23.1 Å². The number of pyridine rings is 1. The van der Waals surface area contributed by atoms with Gasteiger partial charge in [0.15, 0.2) is 0 Å². The van der Waals surface area contributed by atoms with E-state index in [-0.39, 0.29) is 35.6 Å². The standard InChI is InChI=1S/C19H14F5N3O2/c1-9-15-13(18(28)27-7-11(8-27)16(20)21)6-14(25-17(15)29-26-9)10-3-2-4-12(5-10)19(22,23)24/h2-6,11,16H,7-8H2,1H3. The fourth-order valence-corrected chi connectivity index (χ4v) is 3.27. The van der Waals surface area contributed by atoms with Crippen molar-refractivity contribution in [1.82, 2.24) is 15.0 Å². The first kappa shape index (κ1) is 19.3. The Morgan fingerprint density at radius 1 is 1.24 bits per heavy atom. The highest BCUT2D eigenvalue weighted by Crippen LogP contribution is 2.34.